The summed E-state index contributed by atoms with van der Waals surface area (Å²) in [5.74, 6) is 0. The molecule has 1 aliphatic rings. The summed E-state index contributed by atoms with van der Waals surface area (Å²) in [7, 11) is 0. The summed E-state index contributed by atoms with van der Waals surface area (Å²) in [5, 5.41) is 13.8. The van der Waals surface area contributed by atoms with Crippen LogP contribution < -0.4 is 32.7 Å². The zero-order chi connectivity index (χ0) is 12.4. The minimum atomic E-state index is 0.209. The smallest absolute Gasteiger partial charge is 0.0202 e. The SMILES string of the molecule is NCCNCC1(CNCCN)CNCCNC1. The van der Waals surface area contributed by atoms with Crippen LogP contribution >= 0.6 is 0 Å². The molecule has 1 aliphatic heterocycles. The molecule has 0 bridgehead atoms. The topological polar surface area (TPSA) is 100 Å². The minimum absolute atomic E-state index is 0.209. The van der Waals surface area contributed by atoms with Crippen molar-refractivity contribution in [2.45, 2.75) is 0 Å². The van der Waals surface area contributed by atoms with Gasteiger partial charge >= 0.3 is 0 Å². The lowest BCUT2D eigenvalue weighted by Crippen LogP contribution is -2.52. The van der Waals surface area contributed by atoms with Crippen molar-refractivity contribution in [2.24, 2.45) is 16.9 Å². The summed E-state index contributed by atoms with van der Waals surface area (Å²) in [6.45, 7) is 9.19. The Hall–Kier alpha value is -0.240. The Kier molecular flexibility index (Phi) is 7.67. The van der Waals surface area contributed by atoms with E-state index < -0.39 is 0 Å². The molecule has 0 aromatic heterocycles. The predicted octanol–water partition coefficient (Wildman–Crippen LogP) is -2.74. The number of hydrogen-bond donors (Lipinski definition) is 6. The molecular weight excluding hydrogens is 216 g/mol. The Labute approximate surface area is 104 Å². The minimum Gasteiger partial charge on any atom is -0.329 e. The average molecular weight is 244 g/mol. The van der Waals surface area contributed by atoms with Gasteiger partial charge in [0.25, 0.3) is 0 Å². The second-order valence-electron chi connectivity index (χ2n) is 4.78. The van der Waals surface area contributed by atoms with E-state index in [4.69, 9.17) is 11.5 Å². The van der Waals surface area contributed by atoms with E-state index in [9.17, 15) is 0 Å². The molecule has 0 aromatic carbocycles. The molecule has 1 heterocycles. The fraction of sp³-hybridized carbons (Fsp3) is 1.00. The van der Waals surface area contributed by atoms with Crippen LogP contribution in [0.2, 0.25) is 0 Å². The van der Waals surface area contributed by atoms with E-state index in [0.29, 0.717) is 13.1 Å². The van der Waals surface area contributed by atoms with Crippen LogP contribution in [0, 0.1) is 5.41 Å². The summed E-state index contributed by atoms with van der Waals surface area (Å²) >= 11 is 0. The number of rotatable bonds is 8. The lowest BCUT2D eigenvalue weighted by Gasteiger charge is -2.33. The Balaban J connectivity index is 2.41. The highest BCUT2D eigenvalue weighted by Gasteiger charge is 2.30. The molecule has 1 saturated heterocycles. The fourth-order valence-corrected chi connectivity index (χ4v) is 2.17. The van der Waals surface area contributed by atoms with Gasteiger partial charge in [-0.3, -0.25) is 0 Å². The summed E-state index contributed by atoms with van der Waals surface area (Å²) in [6, 6.07) is 0. The average Bonchev–Trinajstić information content (AvgIpc) is 2.56. The van der Waals surface area contributed by atoms with Crippen molar-refractivity contribution in [3.8, 4) is 0 Å². The van der Waals surface area contributed by atoms with Crippen molar-refractivity contribution >= 4 is 0 Å². The van der Waals surface area contributed by atoms with Crippen LogP contribution in [0.3, 0.4) is 0 Å². The Morgan fingerprint density at radius 1 is 0.882 bits per heavy atom. The molecular formula is C11H28N6. The number of nitrogens with two attached hydrogens (primary N) is 2. The fourth-order valence-electron chi connectivity index (χ4n) is 2.17. The molecule has 1 fully saturated rings. The van der Waals surface area contributed by atoms with Crippen LogP contribution in [0.5, 0.6) is 0 Å². The van der Waals surface area contributed by atoms with Gasteiger partial charge in [-0.1, -0.05) is 0 Å². The standard InChI is InChI=1S/C11H28N6/c12-1-3-14-7-11(8-15-4-2-13)9-16-5-6-17-10-11/h14-17H,1-10,12-13H2. The van der Waals surface area contributed by atoms with Crippen LogP contribution in [0.15, 0.2) is 0 Å². The normalized spacial score (nSPS) is 20.1. The molecule has 0 aromatic rings. The molecule has 0 amide bonds. The Morgan fingerprint density at radius 2 is 1.35 bits per heavy atom. The second kappa shape index (κ2) is 8.79. The number of hydrogen-bond acceptors (Lipinski definition) is 6. The van der Waals surface area contributed by atoms with Gasteiger partial charge in [-0.2, -0.15) is 0 Å². The first-order chi connectivity index (χ1) is 8.33. The Bertz CT molecular complexity index is 167. The van der Waals surface area contributed by atoms with Gasteiger partial charge in [0.05, 0.1) is 0 Å². The maximum atomic E-state index is 5.51. The maximum Gasteiger partial charge on any atom is 0.0202 e. The maximum absolute atomic E-state index is 5.51. The van der Waals surface area contributed by atoms with E-state index in [1.165, 1.54) is 0 Å². The first-order valence-electron chi connectivity index (χ1n) is 6.56. The van der Waals surface area contributed by atoms with Gasteiger partial charge in [-0.15, -0.1) is 0 Å². The van der Waals surface area contributed by atoms with Gasteiger partial charge in [0.2, 0.25) is 0 Å². The monoisotopic (exact) mass is 244 g/mol. The highest BCUT2D eigenvalue weighted by molar-refractivity contribution is 4.90. The van der Waals surface area contributed by atoms with Gasteiger partial charge in [-0.25, -0.2) is 0 Å². The van der Waals surface area contributed by atoms with Crippen molar-refractivity contribution < 1.29 is 0 Å². The quantitative estimate of drug-likeness (QED) is 0.259. The first kappa shape index (κ1) is 14.8. The van der Waals surface area contributed by atoms with Crippen molar-refractivity contribution in [2.75, 3.05) is 65.4 Å². The zero-order valence-electron chi connectivity index (χ0n) is 10.7. The van der Waals surface area contributed by atoms with Gasteiger partial charge < -0.3 is 32.7 Å². The summed E-state index contributed by atoms with van der Waals surface area (Å²) in [4.78, 5) is 0. The van der Waals surface area contributed by atoms with E-state index in [2.05, 4.69) is 21.3 Å². The Morgan fingerprint density at radius 3 is 1.76 bits per heavy atom. The molecule has 0 aliphatic carbocycles. The third-order valence-electron chi connectivity index (χ3n) is 3.12. The van der Waals surface area contributed by atoms with Gasteiger partial charge in [0, 0.05) is 70.9 Å². The molecule has 1 rings (SSSR count). The van der Waals surface area contributed by atoms with Crippen LogP contribution in [-0.4, -0.2) is 65.4 Å². The molecule has 6 nitrogen and oxygen atoms in total. The molecule has 17 heavy (non-hydrogen) atoms. The molecule has 8 N–H and O–H groups in total. The van der Waals surface area contributed by atoms with Crippen molar-refractivity contribution in [1.82, 2.24) is 21.3 Å². The largest absolute Gasteiger partial charge is 0.329 e. The van der Waals surface area contributed by atoms with Crippen LogP contribution in [-0.2, 0) is 0 Å². The summed E-state index contributed by atoms with van der Waals surface area (Å²) < 4.78 is 0. The van der Waals surface area contributed by atoms with Crippen molar-refractivity contribution in [1.29, 1.82) is 0 Å². The predicted molar refractivity (Wildman–Crippen MR) is 72.0 cm³/mol. The van der Waals surface area contributed by atoms with E-state index in [-0.39, 0.29) is 5.41 Å². The molecule has 0 unspecified atom stereocenters. The number of nitrogens with one attached hydrogen (secondary N) is 4. The van der Waals surface area contributed by atoms with Crippen LogP contribution in [0.1, 0.15) is 0 Å². The highest BCUT2D eigenvalue weighted by Crippen LogP contribution is 2.14. The molecule has 0 spiro atoms. The third kappa shape index (κ3) is 5.76. The van der Waals surface area contributed by atoms with Gasteiger partial charge in [0.15, 0.2) is 0 Å². The van der Waals surface area contributed by atoms with Crippen molar-refractivity contribution in [3.05, 3.63) is 0 Å². The van der Waals surface area contributed by atoms with E-state index in [0.717, 1.165) is 52.4 Å². The summed E-state index contributed by atoms with van der Waals surface area (Å²) in [5.41, 5.74) is 11.2. The summed E-state index contributed by atoms with van der Waals surface area (Å²) in [6.07, 6.45) is 0. The zero-order valence-corrected chi connectivity index (χ0v) is 10.7. The van der Waals surface area contributed by atoms with Gasteiger partial charge in [-0.05, 0) is 0 Å². The second-order valence-corrected chi connectivity index (χ2v) is 4.78. The van der Waals surface area contributed by atoms with E-state index >= 15 is 0 Å². The van der Waals surface area contributed by atoms with Crippen molar-refractivity contribution in [3.63, 3.8) is 0 Å². The van der Waals surface area contributed by atoms with Crippen LogP contribution in [0.25, 0.3) is 0 Å². The van der Waals surface area contributed by atoms with E-state index in [1.54, 1.807) is 0 Å². The van der Waals surface area contributed by atoms with E-state index in [1.807, 2.05) is 0 Å². The lowest BCUT2D eigenvalue weighted by atomic mass is 9.87. The molecule has 0 atom stereocenters. The third-order valence-corrected chi connectivity index (χ3v) is 3.12. The van der Waals surface area contributed by atoms with Crippen LogP contribution in [0.4, 0.5) is 0 Å². The van der Waals surface area contributed by atoms with Gasteiger partial charge in [0.1, 0.15) is 0 Å². The highest BCUT2D eigenvalue weighted by atomic mass is 15.1. The molecule has 0 radical (unpaired) electrons. The molecule has 102 valence electrons. The lowest BCUT2D eigenvalue weighted by molar-refractivity contribution is 0.257. The molecule has 6 heteroatoms. The first-order valence-corrected chi connectivity index (χ1v) is 6.56. The molecule has 0 saturated carbocycles.